The zero-order chi connectivity index (χ0) is 15.2. The molecule has 19 heavy (non-hydrogen) atoms. The molecule has 0 aromatic heterocycles. The van der Waals surface area contributed by atoms with Crippen LogP contribution in [0.3, 0.4) is 0 Å². The van der Waals surface area contributed by atoms with Crippen molar-refractivity contribution < 1.29 is 30.7 Å². The number of nitrogens with two attached hydrogens (primary N) is 1. The quantitative estimate of drug-likeness (QED) is 0.599. The van der Waals surface area contributed by atoms with Crippen LogP contribution in [-0.2, 0) is 5.67 Å². The van der Waals surface area contributed by atoms with Crippen LogP contribution in [0.2, 0.25) is 5.02 Å². The molecule has 0 bridgehead atoms. The Kier molecular flexibility index (Phi) is 3.70. The second-order valence-electron chi connectivity index (χ2n) is 3.84. The Bertz CT molecular complexity index is 478. The van der Waals surface area contributed by atoms with Gasteiger partial charge < -0.3 is 5.73 Å². The van der Waals surface area contributed by atoms with Gasteiger partial charge in [0, 0.05) is 16.3 Å². The van der Waals surface area contributed by atoms with Crippen LogP contribution in [0.5, 0.6) is 0 Å². The Morgan fingerprint density at radius 1 is 0.947 bits per heavy atom. The lowest BCUT2D eigenvalue weighted by atomic mass is 9.91. The minimum Gasteiger partial charge on any atom is -0.398 e. The van der Waals surface area contributed by atoms with E-state index >= 15 is 0 Å². The van der Waals surface area contributed by atoms with Gasteiger partial charge in [-0.25, -0.2) is 4.39 Å². The van der Waals surface area contributed by atoms with E-state index in [1.165, 1.54) is 0 Å². The summed E-state index contributed by atoms with van der Waals surface area (Å²) in [5.41, 5.74) is -3.32. The van der Waals surface area contributed by atoms with Crippen molar-refractivity contribution in [1.82, 2.24) is 0 Å². The van der Waals surface area contributed by atoms with Crippen molar-refractivity contribution in [2.45, 2.75) is 24.9 Å². The topological polar surface area (TPSA) is 26.0 Å². The second kappa shape index (κ2) is 4.43. The third kappa shape index (κ3) is 2.45. The molecule has 0 aliphatic rings. The fourth-order valence-electron chi connectivity index (χ4n) is 1.51. The highest BCUT2D eigenvalue weighted by Crippen LogP contribution is 2.55. The maximum absolute atomic E-state index is 13.8. The summed E-state index contributed by atoms with van der Waals surface area (Å²) in [7, 11) is 0. The number of aryl methyl sites for hydroxylation is 1. The fraction of sp³-hybridized carbons (Fsp3) is 0.400. The Labute approximate surface area is 108 Å². The average Bonchev–Trinajstić information content (AvgIpc) is 2.18. The van der Waals surface area contributed by atoms with E-state index in [4.69, 9.17) is 17.3 Å². The van der Waals surface area contributed by atoms with E-state index in [9.17, 15) is 30.7 Å². The third-order valence-electron chi connectivity index (χ3n) is 2.50. The highest BCUT2D eigenvalue weighted by Gasteiger charge is 2.74. The summed E-state index contributed by atoms with van der Waals surface area (Å²) < 4.78 is 89.0. The van der Waals surface area contributed by atoms with Gasteiger partial charge in [0.2, 0.25) is 0 Å². The normalized spacial score (nSPS) is 13.7. The maximum atomic E-state index is 13.8. The van der Waals surface area contributed by atoms with Gasteiger partial charge in [-0.1, -0.05) is 11.6 Å². The summed E-state index contributed by atoms with van der Waals surface area (Å²) in [6, 6.07) is 1.26. The molecule has 0 saturated heterocycles. The molecule has 0 aliphatic heterocycles. The summed E-state index contributed by atoms with van der Waals surface area (Å²) in [5.74, 6) is 0. The number of rotatable bonds is 1. The largest absolute Gasteiger partial charge is 0.436 e. The van der Waals surface area contributed by atoms with Gasteiger partial charge in [0.1, 0.15) is 0 Å². The zero-order valence-electron chi connectivity index (χ0n) is 9.26. The first kappa shape index (κ1) is 15.9. The monoisotopic (exact) mass is 309 g/mol. The first-order valence-corrected chi connectivity index (χ1v) is 5.08. The van der Waals surface area contributed by atoms with E-state index in [1.807, 2.05) is 0 Å². The van der Waals surface area contributed by atoms with Crippen molar-refractivity contribution in [3.8, 4) is 0 Å². The predicted molar refractivity (Wildman–Crippen MR) is 55.5 cm³/mol. The van der Waals surface area contributed by atoms with Crippen molar-refractivity contribution in [2.24, 2.45) is 0 Å². The van der Waals surface area contributed by atoms with Gasteiger partial charge in [0.05, 0.1) is 0 Å². The van der Waals surface area contributed by atoms with Crippen LogP contribution < -0.4 is 5.73 Å². The Morgan fingerprint density at radius 3 is 1.74 bits per heavy atom. The van der Waals surface area contributed by atoms with Crippen LogP contribution in [0.4, 0.5) is 36.4 Å². The van der Waals surface area contributed by atoms with Gasteiger partial charge in [-0.3, -0.25) is 0 Å². The Hall–Kier alpha value is -1.18. The van der Waals surface area contributed by atoms with Gasteiger partial charge in [-0.2, -0.15) is 26.3 Å². The standard InChI is InChI=1S/C10H7ClF7N/c1-4-2-5(11)3-6(7(4)19)8(12,9(13,14)15)10(16,17)18/h2-3H,19H2,1H3. The molecule has 0 unspecified atom stereocenters. The number of halogens is 8. The minimum absolute atomic E-state index is 0.182. The van der Waals surface area contributed by atoms with Crippen molar-refractivity contribution in [1.29, 1.82) is 0 Å². The number of benzene rings is 1. The third-order valence-corrected chi connectivity index (χ3v) is 2.72. The van der Waals surface area contributed by atoms with Crippen LogP contribution >= 0.6 is 11.6 Å². The molecule has 1 rings (SSSR count). The van der Waals surface area contributed by atoms with Crippen LogP contribution in [0.1, 0.15) is 11.1 Å². The molecule has 2 N–H and O–H groups in total. The van der Waals surface area contributed by atoms with Gasteiger partial charge >= 0.3 is 18.0 Å². The van der Waals surface area contributed by atoms with E-state index in [1.54, 1.807) is 0 Å². The summed E-state index contributed by atoms with van der Waals surface area (Å²) in [4.78, 5) is 0. The SMILES string of the molecule is Cc1cc(Cl)cc(C(F)(C(F)(F)F)C(F)(F)F)c1N. The predicted octanol–water partition coefficient (Wildman–Crippen LogP) is 4.52. The lowest BCUT2D eigenvalue weighted by Crippen LogP contribution is -2.50. The Balaban J connectivity index is 3.71. The van der Waals surface area contributed by atoms with Gasteiger partial charge in [-0.05, 0) is 24.6 Å². The highest BCUT2D eigenvalue weighted by atomic mass is 35.5. The minimum atomic E-state index is -6.21. The average molecular weight is 310 g/mol. The smallest absolute Gasteiger partial charge is 0.398 e. The molecule has 0 amide bonds. The van der Waals surface area contributed by atoms with E-state index in [0.29, 0.717) is 0 Å². The van der Waals surface area contributed by atoms with E-state index < -0.39 is 34.3 Å². The second-order valence-corrected chi connectivity index (χ2v) is 4.27. The summed E-state index contributed by atoms with van der Waals surface area (Å²) in [6.07, 6.45) is -12.4. The van der Waals surface area contributed by atoms with Crippen molar-refractivity contribution in [3.05, 3.63) is 28.3 Å². The molecule has 0 radical (unpaired) electrons. The summed E-state index contributed by atoms with van der Waals surface area (Å²) in [6.45, 7) is 1.12. The molecule has 108 valence electrons. The van der Waals surface area contributed by atoms with E-state index in [-0.39, 0.29) is 11.6 Å². The summed E-state index contributed by atoms with van der Waals surface area (Å²) in [5, 5.41) is -0.475. The number of nitrogen functional groups attached to an aromatic ring is 1. The number of alkyl halides is 7. The first-order chi connectivity index (χ1) is 8.32. The van der Waals surface area contributed by atoms with E-state index in [0.717, 1.165) is 13.0 Å². The lowest BCUT2D eigenvalue weighted by Gasteiger charge is -2.31. The van der Waals surface area contributed by atoms with Crippen LogP contribution in [-0.4, -0.2) is 12.4 Å². The fourth-order valence-corrected chi connectivity index (χ4v) is 1.78. The Morgan fingerprint density at radius 2 is 1.37 bits per heavy atom. The molecule has 9 heteroatoms. The van der Waals surface area contributed by atoms with Crippen molar-refractivity contribution in [2.75, 3.05) is 5.73 Å². The van der Waals surface area contributed by atoms with Crippen molar-refractivity contribution >= 4 is 17.3 Å². The van der Waals surface area contributed by atoms with Gasteiger partial charge in [0.15, 0.2) is 0 Å². The number of hydrogen-bond acceptors (Lipinski definition) is 1. The molecule has 1 nitrogen and oxygen atoms in total. The van der Waals surface area contributed by atoms with Crippen LogP contribution in [0.25, 0.3) is 0 Å². The molecule has 0 spiro atoms. The molecular formula is C10H7ClF7N. The summed E-state index contributed by atoms with van der Waals surface area (Å²) >= 11 is 5.37. The molecule has 0 aliphatic carbocycles. The zero-order valence-corrected chi connectivity index (χ0v) is 10.0. The molecule has 0 fully saturated rings. The highest BCUT2D eigenvalue weighted by molar-refractivity contribution is 6.30. The molecule has 0 heterocycles. The molecule has 1 aromatic carbocycles. The van der Waals surface area contributed by atoms with Crippen LogP contribution in [0, 0.1) is 6.92 Å². The number of anilines is 1. The number of hydrogen-bond donors (Lipinski definition) is 1. The maximum Gasteiger partial charge on any atom is 0.436 e. The van der Waals surface area contributed by atoms with Gasteiger partial charge in [-0.15, -0.1) is 0 Å². The molecular weight excluding hydrogens is 303 g/mol. The molecule has 1 aromatic rings. The molecule has 0 saturated carbocycles. The molecule has 0 atom stereocenters. The van der Waals surface area contributed by atoms with E-state index in [2.05, 4.69) is 0 Å². The lowest BCUT2D eigenvalue weighted by molar-refractivity contribution is -0.348. The van der Waals surface area contributed by atoms with Crippen molar-refractivity contribution in [3.63, 3.8) is 0 Å². The van der Waals surface area contributed by atoms with Gasteiger partial charge in [0.25, 0.3) is 0 Å². The first-order valence-electron chi connectivity index (χ1n) is 4.71. The van der Waals surface area contributed by atoms with Crippen LogP contribution in [0.15, 0.2) is 12.1 Å².